The molecule has 13 heavy (non-hydrogen) atoms. The lowest BCUT2D eigenvalue weighted by Gasteiger charge is -2.23. The van der Waals surface area contributed by atoms with E-state index in [1.54, 1.807) is 0 Å². The molecule has 0 amide bonds. The average Bonchev–Trinajstić information content (AvgIpc) is 2.87. The molecular formula is C9H20N4. The average molecular weight is 184 g/mol. The zero-order valence-corrected chi connectivity index (χ0v) is 8.53. The van der Waals surface area contributed by atoms with Crippen LogP contribution >= 0.6 is 0 Å². The molecule has 0 saturated heterocycles. The Balaban J connectivity index is 2.38. The molecule has 4 nitrogen and oxygen atoms in total. The van der Waals surface area contributed by atoms with Crippen LogP contribution in [0.15, 0.2) is 5.10 Å². The molecule has 0 bridgehead atoms. The predicted octanol–water partition coefficient (Wildman–Crippen LogP) is 0.685. The van der Waals surface area contributed by atoms with Crippen LogP contribution in [0.3, 0.4) is 0 Å². The molecule has 4 N–H and O–H groups in total. The molecule has 0 spiro atoms. The van der Waals surface area contributed by atoms with E-state index in [1.807, 2.05) is 0 Å². The van der Waals surface area contributed by atoms with E-state index in [0.717, 1.165) is 13.0 Å². The monoisotopic (exact) mass is 184 g/mol. The summed E-state index contributed by atoms with van der Waals surface area (Å²) in [4.78, 5) is 2.12. The Morgan fingerprint density at radius 2 is 2.15 bits per heavy atom. The number of nitrogens with two attached hydrogens (primary N) is 2. The van der Waals surface area contributed by atoms with Gasteiger partial charge in [-0.1, -0.05) is 13.8 Å². The minimum atomic E-state index is 0.489. The van der Waals surface area contributed by atoms with Crippen molar-refractivity contribution in [2.45, 2.75) is 39.2 Å². The molecule has 0 aliphatic heterocycles. The molecule has 0 aromatic heterocycles. The van der Waals surface area contributed by atoms with Crippen molar-refractivity contribution in [2.75, 3.05) is 6.54 Å². The van der Waals surface area contributed by atoms with Crippen molar-refractivity contribution in [1.29, 1.82) is 0 Å². The summed E-state index contributed by atoms with van der Waals surface area (Å²) in [5, 5.41) is 3.55. The molecule has 0 unspecified atom stereocenters. The topological polar surface area (TPSA) is 67.6 Å². The number of hydrogen-bond acceptors (Lipinski definition) is 2. The summed E-state index contributed by atoms with van der Waals surface area (Å²) in [5.74, 6) is 6.36. The standard InChI is InChI=1S/C9H20N4/c1-7(2)5-6-13(8-3-4-8)9(10)12-11/h7-8H,3-6,11H2,1-2H3,(H2,10,12). The van der Waals surface area contributed by atoms with Gasteiger partial charge in [-0.15, -0.1) is 5.10 Å². The van der Waals surface area contributed by atoms with E-state index < -0.39 is 0 Å². The van der Waals surface area contributed by atoms with Crippen LogP contribution in [0, 0.1) is 5.92 Å². The highest BCUT2D eigenvalue weighted by atomic mass is 15.3. The van der Waals surface area contributed by atoms with Crippen LogP contribution in [0.2, 0.25) is 0 Å². The highest BCUT2D eigenvalue weighted by molar-refractivity contribution is 5.78. The van der Waals surface area contributed by atoms with Gasteiger partial charge in [-0.2, -0.15) is 0 Å². The SMILES string of the molecule is CC(C)CCN(C(N)=NN)C1CC1. The van der Waals surface area contributed by atoms with Gasteiger partial charge >= 0.3 is 0 Å². The first-order valence-corrected chi connectivity index (χ1v) is 4.95. The van der Waals surface area contributed by atoms with Crippen molar-refractivity contribution in [3.63, 3.8) is 0 Å². The largest absolute Gasteiger partial charge is 0.368 e. The smallest absolute Gasteiger partial charge is 0.213 e. The Hall–Kier alpha value is -0.930. The molecule has 0 radical (unpaired) electrons. The molecule has 0 heterocycles. The minimum Gasteiger partial charge on any atom is -0.368 e. The second-order valence-electron chi connectivity index (χ2n) is 4.09. The third kappa shape index (κ3) is 3.13. The van der Waals surface area contributed by atoms with Crippen LogP contribution < -0.4 is 11.6 Å². The molecule has 1 fully saturated rings. The number of nitrogens with zero attached hydrogens (tertiary/aromatic N) is 2. The van der Waals surface area contributed by atoms with Gasteiger partial charge in [0, 0.05) is 12.6 Å². The van der Waals surface area contributed by atoms with Crippen molar-refractivity contribution in [1.82, 2.24) is 4.90 Å². The van der Waals surface area contributed by atoms with Gasteiger partial charge in [-0.25, -0.2) is 0 Å². The lowest BCUT2D eigenvalue weighted by atomic mass is 10.1. The van der Waals surface area contributed by atoms with Crippen LogP contribution in [-0.4, -0.2) is 23.4 Å². The van der Waals surface area contributed by atoms with Gasteiger partial charge in [0.05, 0.1) is 0 Å². The van der Waals surface area contributed by atoms with Crippen molar-refractivity contribution in [2.24, 2.45) is 22.6 Å². The number of guanidine groups is 1. The molecule has 0 aromatic rings. The number of hydrazone groups is 1. The molecule has 1 aliphatic carbocycles. The maximum Gasteiger partial charge on any atom is 0.213 e. The van der Waals surface area contributed by atoms with Crippen LogP contribution in [0.1, 0.15) is 33.1 Å². The Labute approximate surface area is 80.0 Å². The normalized spacial score (nSPS) is 17.9. The molecule has 1 rings (SSSR count). The number of rotatable bonds is 4. The van der Waals surface area contributed by atoms with Crippen molar-refractivity contribution in [3.8, 4) is 0 Å². The van der Waals surface area contributed by atoms with Gasteiger partial charge in [0.1, 0.15) is 0 Å². The fraction of sp³-hybridized carbons (Fsp3) is 0.889. The summed E-state index contributed by atoms with van der Waals surface area (Å²) >= 11 is 0. The molecule has 0 atom stereocenters. The molecule has 1 saturated carbocycles. The van der Waals surface area contributed by atoms with Crippen molar-refractivity contribution in [3.05, 3.63) is 0 Å². The quantitative estimate of drug-likeness (QED) is 0.292. The molecule has 0 aromatic carbocycles. The van der Waals surface area contributed by atoms with E-state index in [2.05, 4.69) is 23.8 Å². The Morgan fingerprint density at radius 1 is 1.54 bits per heavy atom. The predicted molar refractivity (Wildman–Crippen MR) is 55.0 cm³/mol. The van der Waals surface area contributed by atoms with E-state index in [4.69, 9.17) is 11.6 Å². The van der Waals surface area contributed by atoms with E-state index >= 15 is 0 Å². The second-order valence-corrected chi connectivity index (χ2v) is 4.09. The van der Waals surface area contributed by atoms with Gasteiger partial charge in [0.15, 0.2) is 0 Å². The minimum absolute atomic E-state index is 0.489. The third-order valence-corrected chi connectivity index (χ3v) is 2.36. The van der Waals surface area contributed by atoms with Crippen LogP contribution in [0.25, 0.3) is 0 Å². The summed E-state index contributed by atoms with van der Waals surface area (Å²) in [7, 11) is 0. The Bertz CT molecular complexity index is 184. The zero-order valence-electron chi connectivity index (χ0n) is 8.53. The first-order chi connectivity index (χ1) is 6.15. The van der Waals surface area contributed by atoms with Crippen LogP contribution in [0.5, 0.6) is 0 Å². The lowest BCUT2D eigenvalue weighted by Crippen LogP contribution is -2.40. The van der Waals surface area contributed by atoms with E-state index in [9.17, 15) is 0 Å². The van der Waals surface area contributed by atoms with Gasteiger partial charge in [-0.3, -0.25) is 0 Å². The van der Waals surface area contributed by atoms with Crippen molar-refractivity contribution >= 4 is 5.96 Å². The van der Waals surface area contributed by atoms with Gasteiger partial charge in [0.2, 0.25) is 5.96 Å². The molecule has 1 aliphatic rings. The summed E-state index contributed by atoms with van der Waals surface area (Å²) in [6.07, 6.45) is 3.61. The summed E-state index contributed by atoms with van der Waals surface area (Å²) < 4.78 is 0. The summed E-state index contributed by atoms with van der Waals surface area (Å²) in [6, 6.07) is 0.603. The highest BCUT2D eigenvalue weighted by Gasteiger charge is 2.30. The maximum atomic E-state index is 5.70. The maximum absolute atomic E-state index is 5.70. The van der Waals surface area contributed by atoms with Gasteiger partial charge < -0.3 is 16.5 Å². The number of hydrogen-bond donors (Lipinski definition) is 2. The fourth-order valence-electron chi connectivity index (χ4n) is 1.34. The second kappa shape index (κ2) is 4.35. The summed E-state index contributed by atoms with van der Waals surface area (Å²) in [5.41, 5.74) is 5.70. The van der Waals surface area contributed by atoms with Crippen LogP contribution in [-0.2, 0) is 0 Å². The van der Waals surface area contributed by atoms with Crippen LogP contribution in [0.4, 0.5) is 0 Å². The fourth-order valence-corrected chi connectivity index (χ4v) is 1.34. The first-order valence-electron chi connectivity index (χ1n) is 4.95. The van der Waals surface area contributed by atoms with E-state index in [1.165, 1.54) is 12.8 Å². The lowest BCUT2D eigenvalue weighted by molar-refractivity contribution is 0.367. The van der Waals surface area contributed by atoms with Crippen molar-refractivity contribution < 1.29 is 0 Å². The molecular weight excluding hydrogens is 164 g/mol. The molecule has 4 heteroatoms. The molecule has 76 valence electrons. The van der Waals surface area contributed by atoms with Gasteiger partial charge in [-0.05, 0) is 25.2 Å². The zero-order chi connectivity index (χ0) is 9.84. The Kier molecular flexibility index (Phi) is 3.39. The highest BCUT2D eigenvalue weighted by Crippen LogP contribution is 2.26. The Morgan fingerprint density at radius 3 is 2.54 bits per heavy atom. The summed E-state index contributed by atoms with van der Waals surface area (Å²) in [6.45, 7) is 5.40. The van der Waals surface area contributed by atoms with Gasteiger partial charge in [0.25, 0.3) is 0 Å². The van der Waals surface area contributed by atoms with E-state index in [0.29, 0.717) is 17.9 Å². The first kappa shape index (κ1) is 10.2. The van der Waals surface area contributed by atoms with E-state index in [-0.39, 0.29) is 0 Å². The third-order valence-electron chi connectivity index (χ3n) is 2.36.